The molecule has 0 aliphatic rings. The van der Waals surface area contributed by atoms with E-state index in [2.05, 4.69) is 4.98 Å². The number of imidazole rings is 1. The maximum atomic E-state index is 14.5. The quantitative estimate of drug-likeness (QED) is 0.470. The zero-order valence-corrected chi connectivity index (χ0v) is 16.0. The van der Waals surface area contributed by atoms with Crippen LogP contribution >= 0.6 is 11.6 Å². The third-order valence-electron chi connectivity index (χ3n) is 4.70. The Morgan fingerprint density at radius 1 is 0.964 bits per heavy atom. The van der Waals surface area contributed by atoms with Crippen molar-refractivity contribution in [2.24, 2.45) is 0 Å². The summed E-state index contributed by atoms with van der Waals surface area (Å²) in [5, 5.41) is 10.3. The molecule has 0 saturated carbocycles. The van der Waals surface area contributed by atoms with E-state index in [1.165, 1.54) is 18.2 Å². The lowest BCUT2D eigenvalue weighted by Gasteiger charge is -2.17. The molecule has 1 aromatic heterocycles. The first-order valence-corrected chi connectivity index (χ1v) is 9.07. The molecule has 1 heterocycles. The van der Waals surface area contributed by atoms with Crippen LogP contribution in [0.2, 0.25) is 5.02 Å². The highest BCUT2D eigenvalue weighted by molar-refractivity contribution is 6.33. The summed E-state index contributed by atoms with van der Waals surface area (Å²) in [5.74, 6) is -0.931. The number of benzene rings is 3. The van der Waals surface area contributed by atoms with Gasteiger partial charge < -0.3 is 5.11 Å². The molecular formula is C22H17ClF2N2O. The largest absolute Gasteiger partial charge is 0.386 e. The van der Waals surface area contributed by atoms with Crippen LogP contribution in [-0.2, 0) is 5.60 Å². The van der Waals surface area contributed by atoms with Crippen molar-refractivity contribution in [3.63, 3.8) is 0 Å². The van der Waals surface area contributed by atoms with E-state index in [0.717, 1.165) is 17.1 Å². The third-order valence-corrected chi connectivity index (χ3v) is 5.02. The molecule has 0 bridgehead atoms. The normalized spacial score (nSPS) is 11.9. The number of aliphatic hydroxyl groups is 1. The van der Waals surface area contributed by atoms with Gasteiger partial charge in [0.25, 0.3) is 0 Å². The number of rotatable bonds is 3. The molecule has 0 radical (unpaired) electrons. The van der Waals surface area contributed by atoms with Crippen LogP contribution in [0.25, 0.3) is 27.8 Å². The molecule has 0 saturated heterocycles. The minimum absolute atomic E-state index is 0.140. The molecule has 0 fully saturated rings. The van der Waals surface area contributed by atoms with Crippen LogP contribution in [0.4, 0.5) is 8.78 Å². The molecule has 0 aliphatic carbocycles. The van der Waals surface area contributed by atoms with Crippen molar-refractivity contribution in [2.75, 3.05) is 0 Å². The number of nitrogens with zero attached hydrogens (tertiary/aromatic N) is 2. The maximum absolute atomic E-state index is 14.5. The molecule has 1 N–H and O–H groups in total. The predicted molar refractivity (Wildman–Crippen MR) is 107 cm³/mol. The highest BCUT2D eigenvalue weighted by atomic mass is 35.5. The summed E-state index contributed by atoms with van der Waals surface area (Å²) in [6, 6.07) is 14.0. The van der Waals surface area contributed by atoms with Crippen LogP contribution in [0, 0.1) is 11.6 Å². The summed E-state index contributed by atoms with van der Waals surface area (Å²) >= 11 is 6.12. The van der Waals surface area contributed by atoms with Gasteiger partial charge in [-0.3, -0.25) is 4.57 Å². The smallest absolute Gasteiger partial charge is 0.131 e. The fraction of sp³-hybridized carbons (Fsp3) is 0.136. The van der Waals surface area contributed by atoms with E-state index in [1.807, 2.05) is 22.8 Å². The number of hydrogen-bond acceptors (Lipinski definition) is 2. The van der Waals surface area contributed by atoms with Crippen LogP contribution in [0.5, 0.6) is 0 Å². The van der Waals surface area contributed by atoms with Crippen LogP contribution in [0.1, 0.15) is 19.4 Å². The molecule has 0 atom stereocenters. The molecule has 3 nitrogen and oxygen atoms in total. The van der Waals surface area contributed by atoms with Crippen molar-refractivity contribution < 1.29 is 13.9 Å². The van der Waals surface area contributed by atoms with Crippen molar-refractivity contribution in [1.29, 1.82) is 0 Å². The summed E-state index contributed by atoms with van der Waals surface area (Å²) in [4.78, 5) is 4.41. The molecular weight excluding hydrogens is 382 g/mol. The van der Waals surface area contributed by atoms with Gasteiger partial charge in [0.2, 0.25) is 0 Å². The van der Waals surface area contributed by atoms with Crippen molar-refractivity contribution >= 4 is 22.6 Å². The van der Waals surface area contributed by atoms with Crippen LogP contribution in [0.3, 0.4) is 0 Å². The summed E-state index contributed by atoms with van der Waals surface area (Å²) < 4.78 is 29.6. The van der Waals surface area contributed by atoms with Gasteiger partial charge in [0.15, 0.2) is 0 Å². The number of hydrogen-bond donors (Lipinski definition) is 1. The average molecular weight is 399 g/mol. The summed E-state index contributed by atoms with van der Waals surface area (Å²) in [6.07, 6.45) is 1.64. The second kappa shape index (κ2) is 6.69. The lowest BCUT2D eigenvalue weighted by molar-refractivity contribution is 0.0787. The van der Waals surface area contributed by atoms with E-state index in [-0.39, 0.29) is 10.6 Å². The minimum Gasteiger partial charge on any atom is -0.386 e. The lowest BCUT2D eigenvalue weighted by Crippen LogP contribution is -2.15. The van der Waals surface area contributed by atoms with Gasteiger partial charge in [-0.25, -0.2) is 13.8 Å². The van der Waals surface area contributed by atoms with E-state index in [4.69, 9.17) is 11.6 Å². The molecule has 142 valence electrons. The molecule has 28 heavy (non-hydrogen) atoms. The summed E-state index contributed by atoms with van der Waals surface area (Å²) in [6.45, 7) is 3.42. The molecule has 0 amide bonds. The SMILES string of the molecule is CC(C)(O)c1ccc2c(c1)ncn2-c1ccc(F)c(-c2ccc(F)cc2Cl)c1. The average Bonchev–Trinajstić information content (AvgIpc) is 3.05. The minimum atomic E-state index is -0.972. The van der Waals surface area contributed by atoms with Gasteiger partial charge in [0, 0.05) is 16.8 Å². The Kier molecular flexibility index (Phi) is 4.44. The maximum Gasteiger partial charge on any atom is 0.131 e. The molecule has 0 spiro atoms. The van der Waals surface area contributed by atoms with Gasteiger partial charge in [-0.05, 0) is 67.9 Å². The fourth-order valence-electron chi connectivity index (χ4n) is 3.18. The Hall–Kier alpha value is -2.76. The van der Waals surface area contributed by atoms with E-state index < -0.39 is 17.2 Å². The zero-order chi connectivity index (χ0) is 20.1. The van der Waals surface area contributed by atoms with Gasteiger partial charge in [-0.1, -0.05) is 17.7 Å². The highest BCUT2D eigenvalue weighted by Crippen LogP contribution is 2.33. The monoisotopic (exact) mass is 398 g/mol. The Bertz CT molecular complexity index is 1200. The number of aromatic nitrogens is 2. The first kappa shape index (κ1) is 18.6. The van der Waals surface area contributed by atoms with Crippen molar-refractivity contribution in [3.05, 3.63) is 83.1 Å². The van der Waals surface area contributed by atoms with Crippen LogP contribution in [-0.4, -0.2) is 14.7 Å². The summed E-state index contributed by atoms with van der Waals surface area (Å²) in [5.41, 5.74) is 2.69. The first-order chi connectivity index (χ1) is 13.2. The zero-order valence-electron chi connectivity index (χ0n) is 15.2. The lowest BCUT2D eigenvalue weighted by atomic mass is 9.98. The van der Waals surface area contributed by atoms with Gasteiger partial charge in [-0.15, -0.1) is 0 Å². The second-order valence-electron chi connectivity index (χ2n) is 7.17. The Balaban J connectivity index is 1.84. The van der Waals surface area contributed by atoms with E-state index in [1.54, 1.807) is 32.3 Å². The Morgan fingerprint density at radius 3 is 2.46 bits per heavy atom. The van der Waals surface area contributed by atoms with Gasteiger partial charge in [0.05, 0.1) is 21.7 Å². The molecule has 4 rings (SSSR count). The van der Waals surface area contributed by atoms with Crippen LogP contribution < -0.4 is 0 Å². The van der Waals surface area contributed by atoms with Crippen molar-refractivity contribution in [1.82, 2.24) is 9.55 Å². The first-order valence-electron chi connectivity index (χ1n) is 8.69. The number of halogens is 3. The van der Waals surface area contributed by atoms with Gasteiger partial charge in [0.1, 0.15) is 18.0 Å². The predicted octanol–water partition coefficient (Wildman–Crippen LogP) is 5.85. The fourth-order valence-corrected chi connectivity index (χ4v) is 3.45. The third kappa shape index (κ3) is 3.28. The topological polar surface area (TPSA) is 38.1 Å². The van der Waals surface area contributed by atoms with Crippen molar-refractivity contribution in [3.8, 4) is 16.8 Å². The number of fused-ring (bicyclic) bond motifs is 1. The summed E-state index contributed by atoms with van der Waals surface area (Å²) in [7, 11) is 0. The second-order valence-corrected chi connectivity index (χ2v) is 7.57. The Morgan fingerprint density at radius 2 is 1.75 bits per heavy atom. The molecule has 3 aromatic carbocycles. The highest BCUT2D eigenvalue weighted by Gasteiger charge is 2.18. The molecule has 0 unspecified atom stereocenters. The van der Waals surface area contributed by atoms with E-state index in [0.29, 0.717) is 16.8 Å². The van der Waals surface area contributed by atoms with Crippen molar-refractivity contribution in [2.45, 2.75) is 19.4 Å². The molecule has 6 heteroatoms. The molecule has 0 aliphatic heterocycles. The van der Waals surface area contributed by atoms with Gasteiger partial charge >= 0.3 is 0 Å². The van der Waals surface area contributed by atoms with E-state index >= 15 is 0 Å². The van der Waals surface area contributed by atoms with E-state index in [9.17, 15) is 13.9 Å². The molecule has 4 aromatic rings. The standard InChI is InChI=1S/C22H17ClF2N2O/c1-22(2,28)13-3-8-21-20(9-13)26-12-27(21)15-5-7-19(25)17(11-15)16-6-4-14(24)10-18(16)23/h3-12,28H,1-2H3. The Labute approximate surface area is 165 Å². The van der Waals surface area contributed by atoms with Crippen LogP contribution in [0.15, 0.2) is 60.9 Å². The van der Waals surface area contributed by atoms with Gasteiger partial charge in [-0.2, -0.15) is 0 Å².